The second-order valence-electron chi connectivity index (χ2n) is 8.34. The first kappa shape index (κ1) is 26.4. The predicted octanol–water partition coefficient (Wildman–Crippen LogP) is 5.40. The summed E-state index contributed by atoms with van der Waals surface area (Å²) in [7, 11) is 0. The summed E-state index contributed by atoms with van der Waals surface area (Å²) in [5, 5.41) is 13.8. The topological polar surface area (TPSA) is 75.5 Å². The molecule has 1 N–H and O–H groups in total. The van der Waals surface area contributed by atoms with Crippen LogP contribution in [0.5, 0.6) is 0 Å². The molecule has 3 rings (SSSR count). The minimum atomic E-state index is -5.14. The number of hydrogen-bond donors (Lipinski definition) is 1. The summed E-state index contributed by atoms with van der Waals surface area (Å²) in [5.41, 5.74) is -5.42. The molecule has 35 heavy (non-hydrogen) atoms. The SMILES string of the molecule is CC(C)[C@@]1([C@@H](C[N+](=O)[O-])c2ccccc2)NC(=S)N(c2cc(C(F)(F)F)cc(C(F)(F)F)c2)C1=O. The standard InChI is InChI=1S/C22H19F6N3O3S/c1-12(2)20(17(11-30(33)34)13-6-4-3-5-7-13)18(32)31(19(35)29-20)16-9-14(21(23,24)25)8-15(10-16)22(26,27)28/h3-10,12,17H,11H2,1-2H3,(H,29,35)/t17-,20-/m0/s1. The third-order valence-electron chi connectivity index (χ3n) is 5.90. The van der Waals surface area contributed by atoms with Gasteiger partial charge in [0.25, 0.3) is 5.91 Å². The summed E-state index contributed by atoms with van der Waals surface area (Å²) in [5.74, 6) is -2.82. The molecule has 0 saturated carbocycles. The Morgan fingerprint density at radius 3 is 1.97 bits per heavy atom. The van der Waals surface area contributed by atoms with Crippen molar-refractivity contribution >= 4 is 28.9 Å². The molecule has 0 aromatic heterocycles. The zero-order valence-electron chi connectivity index (χ0n) is 18.3. The highest BCUT2D eigenvalue weighted by Gasteiger charge is 2.59. The molecule has 2 atom stereocenters. The predicted molar refractivity (Wildman–Crippen MR) is 118 cm³/mol. The molecule has 188 valence electrons. The second-order valence-corrected chi connectivity index (χ2v) is 8.72. The fraction of sp³-hybridized carbons (Fsp3) is 0.364. The molecule has 1 fully saturated rings. The van der Waals surface area contributed by atoms with Gasteiger partial charge in [-0.3, -0.25) is 19.8 Å². The molecule has 0 spiro atoms. The van der Waals surface area contributed by atoms with Crippen molar-refractivity contribution in [2.45, 2.75) is 37.7 Å². The number of nitrogens with zero attached hydrogens (tertiary/aromatic N) is 2. The average molecular weight is 519 g/mol. The summed E-state index contributed by atoms with van der Waals surface area (Å²) in [4.78, 5) is 25.2. The lowest BCUT2D eigenvalue weighted by atomic mass is 9.71. The van der Waals surface area contributed by atoms with E-state index < -0.39 is 69.0 Å². The number of anilines is 1. The van der Waals surface area contributed by atoms with Crippen LogP contribution in [0.4, 0.5) is 32.0 Å². The van der Waals surface area contributed by atoms with Gasteiger partial charge < -0.3 is 5.32 Å². The third kappa shape index (κ3) is 4.95. The van der Waals surface area contributed by atoms with Crippen LogP contribution in [0.1, 0.15) is 36.5 Å². The van der Waals surface area contributed by atoms with Crippen molar-refractivity contribution in [3.05, 3.63) is 75.3 Å². The first-order chi connectivity index (χ1) is 16.1. The maximum atomic E-state index is 13.8. The van der Waals surface area contributed by atoms with E-state index in [0.717, 1.165) is 0 Å². The molecule has 0 unspecified atom stereocenters. The fourth-order valence-corrected chi connectivity index (χ4v) is 4.60. The molecular weight excluding hydrogens is 500 g/mol. The van der Waals surface area contributed by atoms with Crippen LogP contribution in [0.25, 0.3) is 0 Å². The minimum absolute atomic E-state index is 0.0598. The number of halogens is 6. The number of hydrogen-bond acceptors (Lipinski definition) is 4. The van der Waals surface area contributed by atoms with Gasteiger partial charge in [0, 0.05) is 4.92 Å². The number of nitro groups is 1. The Bertz CT molecular complexity index is 1120. The normalized spacial score (nSPS) is 19.7. The van der Waals surface area contributed by atoms with E-state index >= 15 is 0 Å². The van der Waals surface area contributed by atoms with E-state index in [0.29, 0.717) is 22.6 Å². The Morgan fingerprint density at radius 1 is 1.03 bits per heavy atom. The van der Waals surface area contributed by atoms with Crippen LogP contribution in [-0.2, 0) is 17.1 Å². The van der Waals surface area contributed by atoms with Crippen molar-refractivity contribution in [3.8, 4) is 0 Å². The van der Waals surface area contributed by atoms with Gasteiger partial charge in [0.05, 0.1) is 22.7 Å². The molecule has 1 aliphatic heterocycles. The van der Waals surface area contributed by atoms with Crippen LogP contribution in [0.2, 0.25) is 0 Å². The van der Waals surface area contributed by atoms with Crippen molar-refractivity contribution in [2.24, 2.45) is 5.92 Å². The summed E-state index contributed by atoms with van der Waals surface area (Å²) >= 11 is 5.19. The van der Waals surface area contributed by atoms with Gasteiger partial charge >= 0.3 is 12.4 Å². The number of carbonyl (C=O) groups is 1. The molecule has 2 aromatic rings. The van der Waals surface area contributed by atoms with E-state index in [1.165, 1.54) is 0 Å². The van der Waals surface area contributed by atoms with Crippen molar-refractivity contribution in [1.29, 1.82) is 0 Å². The zero-order valence-corrected chi connectivity index (χ0v) is 19.1. The number of rotatable bonds is 6. The van der Waals surface area contributed by atoms with Crippen molar-refractivity contribution in [1.82, 2.24) is 5.32 Å². The van der Waals surface area contributed by atoms with Gasteiger partial charge in [0.15, 0.2) is 5.11 Å². The van der Waals surface area contributed by atoms with Gasteiger partial charge in [0.1, 0.15) is 5.54 Å². The smallest absolute Gasteiger partial charge is 0.347 e. The summed E-state index contributed by atoms with van der Waals surface area (Å²) < 4.78 is 80.4. The lowest BCUT2D eigenvalue weighted by Crippen LogP contribution is -2.57. The maximum absolute atomic E-state index is 13.8. The van der Waals surface area contributed by atoms with Crippen molar-refractivity contribution in [2.75, 3.05) is 11.4 Å². The van der Waals surface area contributed by atoms with E-state index in [1.54, 1.807) is 44.2 Å². The fourth-order valence-electron chi connectivity index (χ4n) is 4.24. The molecule has 0 aliphatic carbocycles. The molecule has 2 aromatic carbocycles. The maximum Gasteiger partial charge on any atom is 0.416 e. The van der Waals surface area contributed by atoms with Gasteiger partial charge in [-0.15, -0.1) is 0 Å². The van der Waals surface area contributed by atoms with Gasteiger partial charge in [-0.2, -0.15) is 26.3 Å². The van der Waals surface area contributed by atoms with Crippen molar-refractivity contribution < 1.29 is 36.1 Å². The van der Waals surface area contributed by atoms with Gasteiger partial charge in [-0.25, -0.2) is 0 Å². The number of carbonyl (C=O) groups excluding carboxylic acids is 1. The van der Waals surface area contributed by atoms with Crippen LogP contribution in [0.3, 0.4) is 0 Å². The van der Waals surface area contributed by atoms with Crippen LogP contribution in [-0.4, -0.2) is 28.0 Å². The highest BCUT2D eigenvalue weighted by molar-refractivity contribution is 7.80. The minimum Gasteiger partial charge on any atom is -0.347 e. The monoisotopic (exact) mass is 519 g/mol. The number of alkyl halides is 6. The number of nitrogens with one attached hydrogen (secondary N) is 1. The molecule has 1 amide bonds. The number of thiocarbonyl (C=S) groups is 1. The molecular formula is C22H19F6N3O3S. The summed E-state index contributed by atoms with van der Waals surface area (Å²) in [6.07, 6.45) is -10.3. The Morgan fingerprint density at radius 2 is 1.54 bits per heavy atom. The summed E-state index contributed by atoms with van der Waals surface area (Å²) in [6, 6.07) is 8.65. The Hall–Kier alpha value is -3.22. The molecule has 1 heterocycles. The van der Waals surface area contributed by atoms with E-state index in [4.69, 9.17) is 12.2 Å². The molecule has 1 saturated heterocycles. The molecule has 0 radical (unpaired) electrons. The lowest BCUT2D eigenvalue weighted by molar-refractivity contribution is -0.485. The average Bonchev–Trinajstić information content (AvgIpc) is 3.02. The number of benzene rings is 2. The van der Waals surface area contributed by atoms with E-state index in [9.17, 15) is 41.3 Å². The summed E-state index contributed by atoms with van der Waals surface area (Å²) in [6.45, 7) is 2.37. The number of amides is 1. The highest BCUT2D eigenvalue weighted by atomic mass is 32.1. The zero-order chi connectivity index (χ0) is 26.3. The van der Waals surface area contributed by atoms with E-state index in [-0.39, 0.29) is 6.07 Å². The van der Waals surface area contributed by atoms with E-state index in [1.807, 2.05) is 0 Å². The van der Waals surface area contributed by atoms with Crippen LogP contribution >= 0.6 is 12.2 Å². The third-order valence-corrected chi connectivity index (χ3v) is 6.18. The molecule has 0 bridgehead atoms. The largest absolute Gasteiger partial charge is 0.416 e. The highest BCUT2D eigenvalue weighted by Crippen LogP contribution is 2.43. The van der Waals surface area contributed by atoms with Crippen molar-refractivity contribution in [3.63, 3.8) is 0 Å². The van der Waals surface area contributed by atoms with Gasteiger partial charge in [-0.05, 0) is 41.9 Å². The van der Waals surface area contributed by atoms with Crippen LogP contribution < -0.4 is 10.2 Å². The Balaban J connectivity index is 2.22. The Kier molecular flexibility index (Phi) is 6.86. The second kappa shape index (κ2) is 9.10. The van der Waals surface area contributed by atoms with Gasteiger partial charge in [-0.1, -0.05) is 44.2 Å². The van der Waals surface area contributed by atoms with Gasteiger partial charge in [0.2, 0.25) is 6.54 Å². The first-order valence-electron chi connectivity index (χ1n) is 10.2. The lowest BCUT2D eigenvalue weighted by Gasteiger charge is -2.37. The quantitative estimate of drug-likeness (QED) is 0.239. The van der Waals surface area contributed by atoms with Crippen LogP contribution in [0, 0.1) is 16.0 Å². The molecule has 1 aliphatic rings. The van der Waals surface area contributed by atoms with E-state index in [2.05, 4.69) is 5.32 Å². The molecule has 13 heteroatoms. The molecule has 6 nitrogen and oxygen atoms in total. The van der Waals surface area contributed by atoms with Crippen LogP contribution in [0.15, 0.2) is 48.5 Å². The Labute approximate surface area is 201 Å². The first-order valence-corrected chi connectivity index (χ1v) is 10.6.